The summed E-state index contributed by atoms with van der Waals surface area (Å²) >= 11 is 0. The van der Waals surface area contributed by atoms with Gasteiger partial charge in [0.1, 0.15) is 5.75 Å². The molecule has 0 saturated carbocycles. The van der Waals surface area contributed by atoms with E-state index >= 15 is 0 Å². The first-order chi connectivity index (χ1) is 10.2. The number of carbonyl (C=O) groups is 1. The molecule has 1 saturated heterocycles. The zero-order valence-electron chi connectivity index (χ0n) is 13.0. The number of carbonyl (C=O) groups excluding carboxylic acids is 1. The predicted octanol–water partition coefficient (Wildman–Crippen LogP) is 2.65. The highest BCUT2D eigenvalue weighted by Crippen LogP contribution is 2.20. The molecule has 0 spiro atoms. The van der Waals surface area contributed by atoms with Crippen molar-refractivity contribution in [2.75, 3.05) is 20.2 Å². The Hall–Kier alpha value is -1.55. The van der Waals surface area contributed by atoms with Crippen LogP contribution in [0.4, 0.5) is 0 Å². The minimum atomic E-state index is 0.0112. The molecule has 1 aromatic carbocycles. The predicted molar refractivity (Wildman–Crippen MR) is 84.4 cm³/mol. The van der Waals surface area contributed by atoms with Crippen molar-refractivity contribution in [3.05, 3.63) is 29.8 Å². The lowest BCUT2D eigenvalue weighted by Gasteiger charge is -2.22. The van der Waals surface area contributed by atoms with E-state index in [4.69, 9.17) is 4.74 Å². The Kier molecular flexibility index (Phi) is 6.05. The van der Waals surface area contributed by atoms with Gasteiger partial charge in [0, 0.05) is 6.42 Å². The summed E-state index contributed by atoms with van der Waals surface area (Å²) in [6.45, 7) is 4.18. The molecule has 0 radical (unpaired) electrons. The highest BCUT2D eigenvalue weighted by Gasteiger charge is 2.15. The summed E-state index contributed by atoms with van der Waals surface area (Å²) in [7, 11) is 1.65. The topological polar surface area (TPSA) is 50.4 Å². The lowest BCUT2D eigenvalue weighted by molar-refractivity contribution is -0.122. The number of rotatable bonds is 6. The van der Waals surface area contributed by atoms with Gasteiger partial charge in [0.25, 0.3) is 0 Å². The monoisotopic (exact) mass is 290 g/mol. The van der Waals surface area contributed by atoms with E-state index in [1.165, 1.54) is 12.8 Å². The minimum Gasteiger partial charge on any atom is -0.497 e. The van der Waals surface area contributed by atoms with E-state index in [1.807, 2.05) is 31.2 Å². The number of benzene rings is 1. The van der Waals surface area contributed by atoms with Gasteiger partial charge < -0.3 is 15.4 Å². The highest BCUT2D eigenvalue weighted by atomic mass is 16.5. The summed E-state index contributed by atoms with van der Waals surface area (Å²) in [4.78, 5) is 12.1. The standard InChI is InChI=1S/C17H26N2O2/c1-13(15-6-3-7-16(11-15)21-2)19-17(20)9-8-14-5-4-10-18-12-14/h3,6-7,11,13-14,18H,4-5,8-10,12H2,1-2H3,(H,19,20)/t13-,14?/m0/s1. The number of hydrogen-bond donors (Lipinski definition) is 2. The SMILES string of the molecule is COc1cccc([C@H](C)NC(=O)CCC2CCCNC2)c1. The molecule has 1 amide bonds. The van der Waals surface area contributed by atoms with Gasteiger partial charge >= 0.3 is 0 Å². The van der Waals surface area contributed by atoms with E-state index in [1.54, 1.807) is 7.11 Å². The maximum atomic E-state index is 12.1. The number of piperidine rings is 1. The van der Waals surface area contributed by atoms with Crippen LogP contribution in [0.5, 0.6) is 5.75 Å². The summed E-state index contributed by atoms with van der Waals surface area (Å²) in [6.07, 6.45) is 4.06. The molecule has 4 heteroatoms. The second-order valence-electron chi connectivity index (χ2n) is 5.82. The lowest BCUT2D eigenvalue weighted by Crippen LogP contribution is -2.31. The van der Waals surface area contributed by atoms with Crippen molar-refractivity contribution in [2.45, 2.75) is 38.6 Å². The highest BCUT2D eigenvalue weighted by molar-refractivity contribution is 5.76. The van der Waals surface area contributed by atoms with E-state index < -0.39 is 0 Å². The van der Waals surface area contributed by atoms with Crippen LogP contribution >= 0.6 is 0 Å². The average molecular weight is 290 g/mol. The summed E-state index contributed by atoms with van der Waals surface area (Å²) in [6, 6.07) is 7.85. The zero-order valence-corrected chi connectivity index (χ0v) is 13.0. The number of methoxy groups -OCH3 is 1. The third-order valence-electron chi connectivity index (χ3n) is 4.15. The molecule has 4 nitrogen and oxygen atoms in total. The fourth-order valence-corrected chi connectivity index (χ4v) is 2.81. The quantitative estimate of drug-likeness (QED) is 0.847. The normalized spacial score (nSPS) is 19.8. The number of hydrogen-bond acceptors (Lipinski definition) is 3. The molecule has 1 aromatic rings. The Bertz CT molecular complexity index is 456. The fourth-order valence-electron chi connectivity index (χ4n) is 2.81. The Labute approximate surface area is 127 Å². The molecular formula is C17H26N2O2. The largest absolute Gasteiger partial charge is 0.497 e. The van der Waals surface area contributed by atoms with Gasteiger partial charge in [-0.1, -0.05) is 12.1 Å². The van der Waals surface area contributed by atoms with Crippen molar-refractivity contribution in [2.24, 2.45) is 5.92 Å². The van der Waals surface area contributed by atoms with E-state index in [0.29, 0.717) is 12.3 Å². The van der Waals surface area contributed by atoms with Crippen LogP contribution in [0, 0.1) is 5.92 Å². The number of nitrogens with one attached hydrogen (secondary N) is 2. The van der Waals surface area contributed by atoms with Crippen molar-refractivity contribution in [3.63, 3.8) is 0 Å². The first kappa shape index (κ1) is 15.8. The van der Waals surface area contributed by atoms with Crippen LogP contribution < -0.4 is 15.4 Å². The van der Waals surface area contributed by atoms with Crippen LogP contribution in [0.3, 0.4) is 0 Å². The van der Waals surface area contributed by atoms with Gasteiger partial charge in [-0.05, 0) is 62.9 Å². The van der Waals surface area contributed by atoms with Gasteiger partial charge in [-0.15, -0.1) is 0 Å². The van der Waals surface area contributed by atoms with Gasteiger partial charge in [0.2, 0.25) is 5.91 Å². The van der Waals surface area contributed by atoms with Gasteiger partial charge in [-0.3, -0.25) is 4.79 Å². The first-order valence-corrected chi connectivity index (χ1v) is 7.83. The molecule has 0 bridgehead atoms. The molecule has 116 valence electrons. The molecule has 0 aliphatic carbocycles. The molecule has 1 fully saturated rings. The van der Waals surface area contributed by atoms with Crippen molar-refractivity contribution in [3.8, 4) is 5.75 Å². The summed E-state index contributed by atoms with van der Waals surface area (Å²) in [5, 5.41) is 6.46. The smallest absolute Gasteiger partial charge is 0.220 e. The zero-order chi connectivity index (χ0) is 15.1. The maximum Gasteiger partial charge on any atom is 0.220 e. The Morgan fingerprint density at radius 3 is 3.10 bits per heavy atom. The lowest BCUT2D eigenvalue weighted by atomic mass is 9.94. The second-order valence-corrected chi connectivity index (χ2v) is 5.82. The van der Waals surface area contributed by atoms with Crippen LogP contribution in [0.15, 0.2) is 24.3 Å². The molecule has 2 atom stereocenters. The van der Waals surface area contributed by atoms with Crippen LogP contribution in [0.1, 0.15) is 44.2 Å². The summed E-state index contributed by atoms with van der Waals surface area (Å²) < 4.78 is 5.22. The van der Waals surface area contributed by atoms with Crippen molar-refractivity contribution in [1.82, 2.24) is 10.6 Å². The molecule has 2 rings (SSSR count). The number of amides is 1. The van der Waals surface area contributed by atoms with E-state index in [0.717, 1.165) is 30.8 Å². The van der Waals surface area contributed by atoms with Crippen molar-refractivity contribution >= 4 is 5.91 Å². The minimum absolute atomic E-state index is 0.0112. The van der Waals surface area contributed by atoms with Crippen molar-refractivity contribution < 1.29 is 9.53 Å². The van der Waals surface area contributed by atoms with Crippen LogP contribution in [-0.4, -0.2) is 26.1 Å². The maximum absolute atomic E-state index is 12.1. The summed E-state index contributed by atoms with van der Waals surface area (Å²) in [5.74, 6) is 1.61. The van der Waals surface area contributed by atoms with Gasteiger partial charge in [0.05, 0.1) is 13.2 Å². The number of ether oxygens (including phenoxy) is 1. The Morgan fingerprint density at radius 1 is 1.52 bits per heavy atom. The van der Waals surface area contributed by atoms with E-state index in [2.05, 4.69) is 10.6 Å². The molecule has 1 aliphatic heterocycles. The molecular weight excluding hydrogens is 264 g/mol. The van der Waals surface area contributed by atoms with Crippen LogP contribution in [0.25, 0.3) is 0 Å². The van der Waals surface area contributed by atoms with Gasteiger partial charge in [-0.2, -0.15) is 0 Å². The average Bonchev–Trinajstić information content (AvgIpc) is 2.54. The van der Waals surface area contributed by atoms with Crippen LogP contribution in [-0.2, 0) is 4.79 Å². The Morgan fingerprint density at radius 2 is 2.38 bits per heavy atom. The molecule has 1 heterocycles. The molecule has 1 unspecified atom stereocenters. The molecule has 21 heavy (non-hydrogen) atoms. The first-order valence-electron chi connectivity index (χ1n) is 7.83. The van der Waals surface area contributed by atoms with Gasteiger partial charge in [-0.25, -0.2) is 0 Å². The van der Waals surface area contributed by atoms with E-state index in [-0.39, 0.29) is 11.9 Å². The molecule has 1 aliphatic rings. The summed E-state index contributed by atoms with van der Waals surface area (Å²) in [5.41, 5.74) is 1.07. The van der Waals surface area contributed by atoms with Crippen LogP contribution in [0.2, 0.25) is 0 Å². The third kappa shape index (κ3) is 5.05. The second kappa shape index (κ2) is 8.03. The van der Waals surface area contributed by atoms with Gasteiger partial charge in [0.15, 0.2) is 0 Å². The third-order valence-corrected chi connectivity index (χ3v) is 4.15. The fraction of sp³-hybridized carbons (Fsp3) is 0.588. The van der Waals surface area contributed by atoms with E-state index in [9.17, 15) is 4.79 Å². The van der Waals surface area contributed by atoms with Crippen molar-refractivity contribution in [1.29, 1.82) is 0 Å². The Balaban J connectivity index is 1.78. The molecule has 0 aromatic heterocycles. The molecule has 2 N–H and O–H groups in total.